The van der Waals surface area contributed by atoms with Crippen LogP contribution in [0.2, 0.25) is 0 Å². The molecule has 1 saturated carbocycles. The minimum Gasteiger partial charge on any atom is -0.481 e. The highest BCUT2D eigenvalue weighted by molar-refractivity contribution is 9.10. The number of nitrogens with zero attached hydrogens (tertiary/aromatic N) is 2. The normalized spacial score (nSPS) is 17.0. The number of hydrogen-bond donors (Lipinski definition) is 1. The number of aryl methyl sites for hydroxylation is 1. The van der Waals surface area contributed by atoms with Crippen LogP contribution < -0.4 is 0 Å². The molecule has 0 atom stereocenters. The van der Waals surface area contributed by atoms with E-state index in [4.69, 9.17) is 5.11 Å². The van der Waals surface area contributed by atoms with Crippen molar-refractivity contribution in [1.29, 1.82) is 0 Å². The van der Waals surface area contributed by atoms with Crippen molar-refractivity contribution >= 4 is 21.9 Å². The van der Waals surface area contributed by atoms with Gasteiger partial charge in [0.05, 0.1) is 22.3 Å². The smallest absolute Gasteiger partial charge is 0.303 e. The molecule has 0 aliphatic heterocycles. The van der Waals surface area contributed by atoms with Crippen molar-refractivity contribution in [1.82, 2.24) is 9.78 Å². The van der Waals surface area contributed by atoms with Crippen LogP contribution in [0.25, 0.3) is 0 Å². The van der Waals surface area contributed by atoms with Crippen LogP contribution in [-0.4, -0.2) is 20.9 Å². The molecule has 2 rings (SSSR count). The Bertz CT molecular complexity index is 436. The van der Waals surface area contributed by atoms with Crippen LogP contribution in [0.1, 0.15) is 55.8 Å². The molecule has 0 amide bonds. The van der Waals surface area contributed by atoms with Crippen molar-refractivity contribution in [2.75, 3.05) is 0 Å². The Morgan fingerprint density at radius 2 is 2.11 bits per heavy atom. The largest absolute Gasteiger partial charge is 0.481 e. The molecule has 18 heavy (non-hydrogen) atoms. The molecule has 1 aromatic rings. The van der Waals surface area contributed by atoms with Gasteiger partial charge in [0.15, 0.2) is 0 Å². The third-order valence-corrected chi connectivity index (χ3v) is 4.56. The lowest BCUT2D eigenvalue weighted by molar-refractivity contribution is -0.136. The second kappa shape index (κ2) is 5.87. The molecule has 0 unspecified atom stereocenters. The Morgan fingerprint density at radius 1 is 1.44 bits per heavy atom. The molecule has 0 spiro atoms. The third kappa shape index (κ3) is 2.94. The lowest BCUT2D eigenvalue weighted by Gasteiger charge is -2.19. The fraction of sp³-hybridized carbons (Fsp3) is 0.692. The second-order valence-corrected chi connectivity index (χ2v) is 5.79. The quantitative estimate of drug-likeness (QED) is 0.928. The van der Waals surface area contributed by atoms with E-state index in [-0.39, 0.29) is 6.42 Å². The lowest BCUT2D eigenvalue weighted by atomic mass is 9.87. The number of carboxylic acid groups (broad SMARTS) is 1. The number of halogens is 1. The number of aliphatic carboxylic acids is 1. The zero-order chi connectivity index (χ0) is 13.1. The average molecular weight is 315 g/mol. The standard InChI is InChI=1S/C13H19BrN2O2/c1-16-10(7-8-11(17)18)12(14)13(15-16)9-5-3-2-4-6-9/h9H,2-8H2,1H3,(H,17,18). The van der Waals surface area contributed by atoms with Gasteiger partial charge in [-0.3, -0.25) is 9.48 Å². The van der Waals surface area contributed by atoms with E-state index in [1.807, 2.05) is 11.7 Å². The predicted molar refractivity (Wildman–Crippen MR) is 72.7 cm³/mol. The van der Waals surface area contributed by atoms with Crippen molar-refractivity contribution in [3.05, 3.63) is 15.9 Å². The number of rotatable bonds is 4. The number of hydrogen-bond acceptors (Lipinski definition) is 2. The van der Waals surface area contributed by atoms with Crippen LogP contribution >= 0.6 is 15.9 Å². The van der Waals surface area contributed by atoms with Gasteiger partial charge in [-0.05, 0) is 28.8 Å². The van der Waals surface area contributed by atoms with Crippen molar-refractivity contribution in [3.8, 4) is 0 Å². The Kier molecular flexibility index (Phi) is 4.43. The van der Waals surface area contributed by atoms with Gasteiger partial charge in [0, 0.05) is 19.4 Å². The van der Waals surface area contributed by atoms with Gasteiger partial charge in [0.2, 0.25) is 0 Å². The van der Waals surface area contributed by atoms with Gasteiger partial charge >= 0.3 is 5.97 Å². The Hall–Kier alpha value is -0.840. The minimum atomic E-state index is -0.762. The number of carboxylic acids is 1. The van der Waals surface area contributed by atoms with Gasteiger partial charge in [-0.1, -0.05) is 19.3 Å². The van der Waals surface area contributed by atoms with Gasteiger partial charge < -0.3 is 5.11 Å². The minimum absolute atomic E-state index is 0.155. The molecule has 4 nitrogen and oxygen atoms in total. The first-order valence-corrected chi connectivity index (χ1v) is 7.32. The molecule has 0 saturated heterocycles. The highest BCUT2D eigenvalue weighted by atomic mass is 79.9. The van der Waals surface area contributed by atoms with E-state index in [9.17, 15) is 4.79 Å². The Labute approximate surface area is 116 Å². The number of carbonyl (C=O) groups is 1. The summed E-state index contributed by atoms with van der Waals surface area (Å²) in [5.74, 6) is -0.222. The summed E-state index contributed by atoms with van der Waals surface area (Å²) < 4.78 is 2.86. The van der Waals surface area contributed by atoms with E-state index in [0.717, 1.165) is 15.9 Å². The molecule has 0 bridgehead atoms. The molecule has 1 aliphatic rings. The summed E-state index contributed by atoms with van der Waals surface area (Å²) in [6.07, 6.45) is 6.97. The van der Waals surface area contributed by atoms with E-state index >= 15 is 0 Å². The van der Waals surface area contributed by atoms with Gasteiger partial charge in [0.1, 0.15) is 0 Å². The highest BCUT2D eigenvalue weighted by Gasteiger charge is 2.23. The van der Waals surface area contributed by atoms with E-state index < -0.39 is 5.97 Å². The van der Waals surface area contributed by atoms with Crippen molar-refractivity contribution in [2.45, 2.75) is 50.9 Å². The van der Waals surface area contributed by atoms with Gasteiger partial charge in [0.25, 0.3) is 0 Å². The summed E-state index contributed by atoms with van der Waals surface area (Å²) >= 11 is 3.61. The molecule has 1 heterocycles. The average Bonchev–Trinajstić information content (AvgIpc) is 2.63. The zero-order valence-corrected chi connectivity index (χ0v) is 12.2. The van der Waals surface area contributed by atoms with Crippen LogP contribution in [0.5, 0.6) is 0 Å². The number of aromatic nitrogens is 2. The molecule has 1 fully saturated rings. The van der Waals surface area contributed by atoms with E-state index in [1.54, 1.807) is 0 Å². The summed E-state index contributed by atoms with van der Waals surface area (Å²) in [6, 6.07) is 0. The zero-order valence-electron chi connectivity index (χ0n) is 10.7. The summed E-state index contributed by atoms with van der Waals surface area (Å²) in [6.45, 7) is 0. The fourth-order valence-electron chi connectivity index (χ4n) is 2.69. The third-order valence-electron chi connectivity index (χ3n) is 3.69. The first-order valence-electron chi connectivity index (χ1n) is 6.52. The Balaban J connectivity index is 2.16. The van der Waals surface area contributed by atoms with Crippen LogP contribution in [0.3, 0.4) is 0 Å². The van der Waals surface area contributed by atoms with Gasteiger partial charge in [-0.15, -0.1) is 0 Å². The molecule has 1 aromatic heterocycles. The molecule has 1 N–H and O–H groups in total. The molecule has 1 aliphatic carbocycles. The molecule has 0 radical (unpaired) electrons. The van der Waals surface area contributed by atoms with Crippen molar-refractivity contribution in [3.63, 3.8) is 0 Å². The van der Waals surface area contributed by atoms with Gasteiger partial charge in [-0.2, -0.15) is 5.10 Å². The summed E-state index contributed by atoms with van der Waals surface area (Å²) in [4.78, 5) is 10.7. The maximum absolute atomic E-state index is 10.7. The van der Waals surface area contributed by atoms with E-state index in [1.165, 1.54) is 32.1 Å². The molecular formula is C13H19BrN2O2. The van der Waals surface area contributed by atoms with Crippen LogP contribution in [-0.2, 0) is 18.3 Å². The first kappa shape index (κ1) is 13.6. The summed E-state index contributed by atoms with van der Waals surface area (Å²) in [5, 5.41) is 13.4. The fourth-order valence-corrected chi connectivity index (χ4v) is 3.55. The highest BCUT2D eigenvalue weighted by Crippen LogP contribution is 2.37. The van der Waals surface area contributed by atoms with Gasteiger partial charge in [-0.25, -0.2) is 0 Å². The second-order valence-electron chi connectivity index (χ2n) is 5.00. The summed E-state index contributed by atoms with van der Waals surface area (Å²) in [7, 11) is 1.90. The molecule has 100 valence electrons. The van der Waals surface area contributed by atoms with E-state index in [2.05, 4.69) is 21.0 Å². The molecule has 5 heteroatoms. The lowest BCUT2D eigenvalue weighted by Crippen LogP contribution is -2.06. The SMILES string of the molecule is Cn1nc(C2CCCCC2)c(Br)c1CCC(=O)O. The van der Waals surface area contributed by atoms with Crippen molar-refractivity contribution in [2.24, 2.45) is 7.05 Å². The topological polar surface area (TPSA) is 55.1 Å². The van der Waals surface area contributed by atoms with Crippen LogP contribution in [0, 0.1) is 0 Å². The van der Waals surface area contributed by atoms with Crippen molar-refractivity contribution < 1.29 is 9.90 Å². The maximum atomic E-state index is 10.7. The van der Waals surface area contributed by atoms with Crippen LogP contribution in [0.4, 0.5) is 0 Å². The van der Waals surface area contributed by atoms with E-state index in [0.29, 0.717) is 12.3 Å². The predicted octanol–water partition coefficient (Wildman–Crippen LogP) is 3.25. The monoisotopic (exact) mass is 314 g/mol. The van der Waals surface area contributed by atoms with Crippen LogP contribution in [0.15, 0.2) is 4.47 Å². The molecule has 0 aromatic carbocycles. The molecular weight excluding hydrogens is 296 g/mol. The first-order chi connectivity index (χ1) is 8.59. The maximum Gasteiger partial charge on any atom is 0.303 e. The summed E-state index contributed by atoms with van der Waals surface area (Å²) in [5.41, 5.74) is 2.12. The Morgan fingerprint density at radius 3 is 2.72 bits per heavy atom.